The van der Waals surface area contributed by atoms with Crippen LogP contribution in [0.1, 0.15) is 38.3 Å². The monoisotopic (exact) mass is 295 g/mol. The molecule has 0 saturated heterocycles. The third-order valence-corrected chi connectivity index (χ3v) is 4.89. The average Bonchev–Trinajstić information content (AvgIpc) is 2.87. The SMILES string of the molecule is C=CCCCCSc1nsnc1C1=CCCNC1C. The zero-order valence-electron chi connectivity index (χ0n) is 11.4. The van der Waals surface area contributed by atoms with E-state index in [2.05, 4.69) is 33.6 Å². The fourth-order valence-electron chi connectivity index (χ4n) is 2.13. The minimum atomic E-state index is 0.387. The van der Waals surface area contributed by atoms with Crippen molar-refractivity contribution in [1.29, 1.82) is 0 Å². The van der Waals surface area contributed by atoms with Gasteiger partial charge in [-0.2, -0.15) is 8.75 Å². The van der Waals surface area contributed by atoms with Crippen LogP contribution >= 0.6 is 23.5 Å². The molecule has 1 aromatic heterocycles. The van der Waals surface area contributed by atoms with E-state index in [1.165, 1.54) is 30.1 Å². The third-order valence-electron chi connectivity index (χ3n) is 3.20. The lowest BCUT2D eigenvalue weighted by Crippen LogP contribution is -2.31. The Morgan fingerprint density at radius 2 is 2.42 bits per heavy atom. The van der Waals surface area contributed by atoms with Gasteiger partial charge in [-0.05, 0) is 50.5 Å². The van der Waals surface area contributed by atoms with Crippen LogP contribution in [0, 0.1) is 0 Å². The Hall–Kier alpha value is -0.650. The molecule has 1 aliphatic heterocycles. The minimum absolute atomic E-state index is 0.387. The average molecular weight is 295 g/mol. The van der Waals surface area contributed by atoms with Crippen LogP contribution in [0.25, 0.3) is 5.57 Å². The smallest absolute Gasteiger partial charge is 0.138 e. The zero-order valence-corrected chi connectivity index (χ0v) is 13.0. The summed E-state index contributed by atoms with van der Waals surface area (Å²) in [6, 6.07) is 0.387. The van der Waals surface area contributed by atoms with Crippen molar-refractivity contribution in [2.75, 3.05) is 12.3 Å². The number of thioether (sulfide) groups is 1. The number of nitrogens with one attached hydrogen (secondary N) is 1. The molecule has 104 valence electrons. The molecule has 5 heteroatoms. The molecule has 0 aliphatic carbocycles. The van der Waals surface area contributed by atoms with Crippen molar-refractivity contribution in [3.8, 4) is 0 Å². The van der Waals surface area contributed by atoms with E-state index in [0.717, 1.165) is 35.9 Å². The van der Waals surface area contributed by atoms with Gasteiger partial charge in [-0.15, -0.1) is 18.3 Å². The molecule has 1 aromatic rings. The second kappa shape index (κ2) is 7.82. The van der Waals surface area contributed by atoms with Gasteiger partial charge in [-0.3, -0.25) is 0 Å². The summed E-state index contributed by atoms with van der Waals surface area (Å²) >= 11 is 3.16. The first-order chi connectivity index (χ1) is 9.33. The molecule has 1 atom stereocenters. The summed E-state index contributed by atoms with van der Waals surface area (Å²) in [6.07, 6.45) is 8.90. The minimum Gasteiger partial charge on any atom is -0.310 e. The standard InChI is InChI=1S/C14H21N3S2/c1-3-4-5-6-10-18-14-13(16-19-17-14)12-8-7-9-15-11(12)2/h3,8,11,15H,1,4-7,9-10H2,2H3. The number of rotatable bonds is 7. The number of allylic oxidation sites excluding steroid dienone is 1. The van der Waals surface area contributed by atoms with Crippen molar-refractivity contribution in [2.24, 2.45) is 0 Å². The topological polar surface area (TPSA) is 37.8 Å². The first-order valence-electron chi connectivity index (χ1n) is 6.83. The summed E-state index contributed by atoms with van der Waals surface area (Å²) in [5.74, 6) is 1.11. The lowest BCUT2D eigenvalue weighted by Gasteiger charge is -2.21. The maximum Gasteiger partial charge on any atom is 0.138 e. The normalized spacial score (nSPS) is 19.2. The first kappa shape index (κ1) is 14.8. The summed E-state index contributed by atoms with van der Waals surface area (Å²) in [5, 5.41) is 4.58. The highest BCUT2D eigenvalue weighted by atomic mass is 32.2. The van der Waals surface area contributed by atoms with E-state index in [4.69, 9.17) is 0 Å². The second-order valence-electron chi connectivity index (χ2n) is 4.67. The van der Waals surface area contributed by atoms with Gasteiger partial charge in [0.1, 0.15) is 10.7 Å². The van der Waals surface area contributed by atoms with Crippen LogP contribution in [0.2, 0.25) is 0 Å². The molecule has 1 aliphatic rings. The predicted octanol–water partition coefficient (Wildman–Crippen LogP) is 3.75. The number of aromatic nitrogens is 2. The molecule has 1 unspecified atom stereocenters. The zero-order chi connectivity index (χ0) is 13.5. The lowest BCUT2D eigenvalue weighted by atomic mass is 10.0. The molecular formula is C14H21N3S2. The molecule has 0 saturated carbocycles. The van der Waals surface area contributed by atoms with Crippen LogP contribution in [0.15, 0.2) is 23.8 Å². The van der Waals surface area contributed by atoms with Gasteiger partial charge in [0.15, 0.2) is 0 Å². The number of nitrogens with zero attached hydrogens (tertiary/aromatic N) is 2. The highest BCUT2D eigenvalue weighted by molar-refractivity contribution is 7.99. The Labute approximate surface area is 123 Å². The first-order valence-corrected chi connectivity index (χ1v) is 8.54. The van der Waals surface area contributed by atoms with E-state index in [0.29, 0.717) is 6.04 Å². The Bertz CT molecular complexity index is 440. The van der Waals surface area contributed by atoms with Crippen molar-refractivity contribution in [2.45, 2.75) is 43.7 Å². The van der Waals surface area contributed by atoms with Crippen LogP contribution in [0.5, 0.6) is 0 Å². The van der Waals surface area contributed by atoms with Gasteiger partial charge in [-0.25, -0.2) is 0 Å². The Kier molecular flexibility index (Phi) is 6.07. The molecule has 19 heavy (non-hydrogen) atoms. The Morgan fingerprint density at radius 1 is 1.53 bits per heavy atom. The largest absolute Gasteiger partial charge is 0.310 e. The maximum atomic E-state index is 4.49. The second-order valence-corrected chi connectivity index (χ2v) is 6.29. The highest BCUT2D eigenvalue weighted by Crippen LogP contribution is 2.30. The predicted molar refractivity (Wildman–Crippen MR) is 84.7 cm³/mol. The molecule has 0 aromatic carbocycles. The summed E-state index contributed by atoms with van der Waals surface area (Å²) in [6.45, 7) is 7.01. The summed E-state index contributed by atoms with van der Waals surface area (Å²) < 4.78 is 8.94. The van der Waals surface area contributed by atoms with Gasteiger partial charge in [-0.1, -0.05) is 12.2 Å². The van der Waals surface area contributed by atoms with Crippen LogP contribution in [-0.4, -0.2) is 27.1 Å². The molecule has 0 spiro atoms. The van der Waals surface area contributed by atoms with E-state index in [9.17, 15) is 0 Å². The van der Waals surface area contributed by atoms with Crippen molar-refractivity contribution >= 4 is 29.1 Å². The molecule has 2 heterocycles. The van der Waals surface area contributed by atoms with E-state index < -0.39 is 0 Å². The summed E-state index contributed by atoms with van der Waals surface area (Å²) in [7, 11) is 0. The summed E-state index contributed by atoms with van der Waals surface area (Å²) in [5.41, 5.74) is 2.41. The maximum absolute atomic E-state index is 4.49. The van der Waals surface area contributed by atoms with Gasteiger partial charge in [0.2, 0.25) is 0 Å². The van der Waals surface area contributed by atoms with Crippen LogP contribution in [0.4, 0.5) is 0 Å². The number of unbranched alkanes of at least 4 members (excludes halogenated alkanes) is 2. The van der Waals surface area contributed by atoms with Crippen molar-refractivity contribution < 1.29 is 0 Å². The number of hydrogen-bond acceptors (Lipinski definition) is 5. The van der Waals surface area contributed by atoms with Crippen LogP contribution < -0.4 is 5.32 Å². The summed E-state index contributed by atoms with van der Waals surface area (Å²) in [4.78, 5) is 0. The highest BCUT2D eigenvalue weighted by Gasteiger charge is 2.20. The lowest BCUT2D eigenvalue weighted by molar-refractivity contribution is 0.624. The third kappa shape index (κ3) is 4.16. The van der Waals surface area contributed by atoms with Crippen LogP contribution in [0.3, 0.4) is 0 Å². The van der Waals surface area contributed by atoms with Crippen molar-refractivity contribution in [1.82, 2.24) is 14.1 Å². The van der Waals surface area contributed by atoms with Gasteiger partial charge < -0.3 is 5.32 Å². The Balaban J connectivity index is 1.93. The van der Waals surface area contributed by atoms with E-state index >= 15 is 0 Å². The molecule has 3 nitrogen and oxygen atoms in total. The molecule has 0 amide bonds. The molecule has 0 bridgehead atoms. The fourth-order valence-corrected chi connectivity index (χ4v) is 3.81. The molecule has 2 rings (SSSR count). The van der Waals surface area contributed by atoms with Gasteiger partial charge in [0, 0.05) is 6.04 Å². The molecule has 0 radical (unpaired) electrons. The Morgan fingerprint density at radius 3 is 3.21 bits per heavy atom. The van der Waals surface area contributed by atoms with Crippen molar-refractivity contribution in [3.05, 3.63) is 24.4 Å². The number of hydrogen-bond donors (Lipinski definition) is 1. The van der Waals surface area contributed by atoms with Gasteiger partial charge in [0.25, 0.3) is 0 Å². The molecule has 0 fully saturated rings. The van der Waals surface area contributed by atoms with Crippen LogP contribution in [-0.2, 0) is 0 Å². The van der Waals surface area contributed by atoms with Gasteiger partial charge >= 0.3 is 0 Å². The molecule has 1 N–H and O–H groups in total. The quantitative estimate of drug-likeness (QED) is 0.472. The van der Waals surface area contributed by atoms with E-state index in [1.807, 2.05) is 17.8 Å². The van der Waals surface area contributed by atoms with E-state index in [1.54, 1.807) is 0 Å². The van der Waals surface area contributed by atoms with E-state index in [-0.39, 0.29) is 0 Å². The van der Waals surface area contributed by atoms with Crippen molar-refractivity contribution in [3.63, 3.8) is 0 Å². The fraction of sp³-hybridized carbons (Fsp3) is 0.571. The molecular weight excluding hydrogens is 274 g/mol. The van der Waals surface area contributed by atoms with Gasteiger partial charge in [0.05, 0.1) is 11.7 Å².